The number of nitrogens with zero attached hydrogens (tertiary/aromatic N) is 2. The van der Waals surface area contributed by atoms with Gasteiger partial charge in [-0.15, -0.1) is 0 Å². The predicted octanol–water partition coefficient (Wildman–Crippen LogP) is 3.82. The van der Waals surface area contributed by atoms with Gasteiger partial charge in [0.05, 0.1) is 11.4 Å². The number of rotatable bonds is 11. The molecule has 0 bridgehead atoms. The summed E-state index contributed by atoms with van der Waals surface area (Å²) in [7, 11) is -3.87. The molecule has 1 aliphatic heterocycles. The first kappa shape index (κ1) is 27.9. The molecule has 36 heavy (non-hydrogen) atoms. The lowest BCUT2D eigenvalue weighted by Gasteiger charge is -2.33. The molecule has 0 spiro atoms. The number of carbonyl (C=O) groups is 2. The summed E-state index contributed by atoms with van der Waals surface area (Å²) in [6.45, 7) is 4.82. The van der Waals surface area contributed by atoms with Crippen molar-refractivity contribution in [2.24, 2.45) is 0 Å². The third-order valence-electron chi connectivity index (χ3n) is 5.75. The van der Waals surface area contributed by atoms with Gasteiger partial charge in [-0.05, 0) is 44.5 Å². The van der Waals surface area contributed by atoms with E-state index in [1.165, 1.54) is 17.9 Å². The van der Waals surface area contributed by atoms with Crippen molar-refractivity contribution in [3.05, 3.63) is 52.0 Å². The van der Waals surface area contributed by atoms with E-state index < -0.39 is 28.5 Å². The first-order valence-electron chi connectivity index (χ1n) is 11.5. The third-order valence-corrected chi connectivity index (χ3v) is 8.20. The summed E-state index contributed by atoms with van der Waals surface area (Å²) in [5.74, 6) is -0.317. The number of ether oxygens (including phenoxy) is 2. The summed E-state index contributed by atoms with van der Waals surface area (Å²) in [5.41, 5.74) is 0.709. The van der Waals surface area contributed by atoms with E-state index in [1.807, 2.05) is 0 Å². The summed E-state index contributed by atoms with van der Waals surface area (Å²) >= 11 is 12.7. The van der Waals surface area contributed by atoms with Gasteiger partial charge < -0.3 is 19.7 Å². The van der Waals surface area contributed by atoms with Crippen LogP contribution in [0.4, 0.5) is 5.69 Å². The van der Waals surface area contributed by atoms with Crippen LogP contribution in [0, 0.1) is 0 Å². The molecule has 196 valence electrons. The molecule has 0 unspecified atom stereocenters. The quantitative estimate of drug-likeness (QED) is 0.450. The second kappa shape index (κ2) is 12.0. The molecule has 0 aliphatic carbocycles. The minimum Gasteiger partial charge on any atom is -0.454 e. The number of hydrogen-bond donors (Lipinski definition) is 1. The van der Waals surface area contributed by atoms with E-state index in [9.17, 15) is 18.0 Å². The van der Waals surface area contributed by atoms with E-state index in [4.69, 9.17) is 32.7 Å². The Kier molecular flexibility index (Phi) is 9.32. The number of hydrogen-bond acceptors (Lipinski definition) is 6. The molecule has 9 nitrogen and oxygen atoms in total. The molecule has 2 amide bonds. The fraction of sp³-hybridized carbons (Fsp3) is 0.417. The molecule has 2 aromatic rings. The van der Waals surface area contributed by atoms with Crippen LogP contribution >= 0.6 is 23.2 Å². The monoisotopic (exact) mass is 557 g/mol. The third kappa shape index (κ3) is 6.16. The lowest BCUT2D eigenvalue weighted by Crippen LogP contribution is -2.52. The highest BCUT2D eigenvalue weighted by atomic mass is 35.5. The van der Waals surface area contributed by atoms with Crippen LogP contribution in [0.3, 0.4) is 0 Å². The lowest BCUT2D eigenvalue weighted by molar-refractivity contribution is -0.140. The van der Waals surface area contributed by atoms with Crippen molar-refractivity contribution in [1.29, 1.82) is 0 Å². The minimum atomic E-state index is -3.87. The van der Waals surface area contributed by atoms with Crippen LogP contribution < -0.4 is 19.1 Å². The van der Waals surface area contributed by atoms with Gasteiger partial charge in [0.25, 0.3) is 0 Å². The van der Waals surface area contributed by atoms with E-state index >= 15 is 0 Å². The maximum absolute atomic E-state index is 13.8. The van der Waals surface area contributed by atoms with Crippen molar-refractivity contribution in [3.63, 3.8) is 0 Å². The zero-order chi connectivity index (χ0) is 26.5. The molecular formula is C24H29Cl2N3O6S. The van der Waals surface area contributed by atoms with Crippen LogP contribution in [-0.4, -0.2) is 56.8 Å². The van der Waals surface area contributed by atoms with Crippen LogP contribution in [0.15, 0.2) is 36.4 Å². The van der Waals surface area contributed by atoms with Crippen molar-refractivity contribution in [1.82, 2.24) is 10.2 Å². The molecule has 1 atom stereocenters. The standard InChI is InChI=1S/C24H29Cl2N3O6S/c1-4-20(24(31)27-5-2)28(13-17-18(25)8-7-9-19(17)26)23(30)14-29(36(32,33)6-3)16-10-11-21-22(12-16)35-15-34-21/h7-12,20H,4-6,13-15H2,1-3H3,(H,27,31)/t20-/m1/s1. The number of fused-ring (bicyclic) bond motifs is 1. The smallest absolute Gasteiger partial charge is 0.244 e. The van der Waals surface area contributed by atoms with E-state index in [2.05, 4.69) is 5.32 Å². The Balaban J connectivity index is 2.01. The molecule has 0 fully saturated rings. The number of benzene rings is 2. The molecule has 2 aromatic carbocycles. The first-order chi connectivity index (χ1) is 17.1. The van der Waals surface area contributed by atoms with Crippen molar-refractivity contribution < 1.29 is 27.5 Å². The zero-order valence-corrected chi connectivity index (χ0v) is 22.6. The maximum Gasteiger partial charge on any atom is 0.244 e. The average molecular weight is 558 g/mol. The SMILES string of the molecule is CCNC(=O)[C@@H](CC)N(Cc1c(Cl)cccc1Cl)C(=O)CN(c1ccc2c(c1)OCO2)S(=O)(=O)CC. The number of nitrogens with one attached hydrogen (secondary N) is 1. The van der Waals surface area contributed by atoms with Crippen LogP contribution in [0.5, 0.6) is 11.5 Å². The van der Waals surface area contributed by atoms with Crippen molar-refractivity contribution in [3.8, 4) is 11.5 Å². The Morgan fingerprint density at radius 3 is 2.33 bits per heavy atom. The second-order valence-corrected chi connectivity index (χ2v) is 11.0. The van der Waals surface area contributed by atoms with Crippen LogP contribution in [-0.2, 0) is 26.2 Å². The second-order valence-electron chi connectivity index (χ2n) is 7.99. The fourth-order valence-electron chi connectivity index (χ4n) is 3.83. The van der Waals surface area contributed by atoms with Gasteiger partial charge in [0.1, 0.15) is 12.6 Å². The Labute approximate surface area is 221 Å². The molecule has 3 rings (SSSR count). The van der Waals surface area contributed by atoms with Crippen LogP contribution in [0.1, 0.15) is 32.8 Å². The van der Waals surface area contributed by atoms with E-state index in [1.54, 1.807) is 44.2 Å². The molecule has 0 radical (unpaired) electrons. The van der Waals surface area contributed by atoms with Gasteiger partial charge in [-0.25, -0.2) is 8.42 Å². The Bertz CT molecular complexity index is 1200. The van der Waals surface area contributed by atoms with Gasteiger partial charge in [-0.3, -0.25) is 13.9 Å². The van der Waals surface area contributed by atoms with Gasteiger partial charge in [0.15, 0.2) is 11.5 Å². The minimum absolute atomic E-state index is 0.0232. The largest absolute Gasteiger partial charge is 0.454 e. The summed E-state index contributed by atoms with van der Waals surface area (Å²) in [6, 6.07) is 8.73. The molecular weight excluding hydrogens is 529 g/mol. The number of carbonyl (C=O) groups excluding carboxylic acids is 2. The van der Waals surface area contributed by atoms with Gasteiger partial charge in [0, 0.05) is 34.8 Å². The summed E-state index contributed by atoms with van der Waals surface area (Å²) in [4.78, 5) is 28.0. The molecule has 0 saturated heterocycles. The predicted molar refractivity (Wildman–Crippen MR) is 139 cm³/mol. The topological polar surface area (TPSA) is 105 Å². The van der Waals surface area contributed by atoms with Gasteiger partial charge in [0.2, 0.25) is 28.6 Å². The Morgan fingerprint density at radius 2 is 1.72 bits per heavy atom. The fourth-order valence-corrected chi connectivity index (χ4v) is 5.40. The van der Waals surface area contributed by atoms with Gasteiger partial charge in [-0.2, -0.15) is 0 Å². The first-order valence-corrected chi connectivity index (χ1v) is 13.9. The zero-order valence-electron chi connectivity index (χ0n) is 20.3. The number of anilines is 1. The molecule has 0 saturated carbocycles. The normalized spacial score (nSPS) is 13.2. The Hall–Kier alpha value is -2.69. The number of sulfonamides is 1. The van der Waals surface area contributed by atoms with Crippen molar-refractivity contribution >= 4 is 50.7 Å². The van der Waals surface area contributed by atoms with E-state index in [0.717, 1.165) is 4.31 Å². The summed E-state index contributed by atoms with van der Waals surface area (Å²) < 4.78 is 37.8. The summed E-state index contributed by atoms with van der Waals surface area (Å²) in [5, 5.41) is 3.41. The number of halogens is 2. The molecule has 0 aromatic heterocycles. The molecule has 1 heterocycles. The van der Waals surface area contributed by atoms with Crippen molar-refractivity contribution in [2.45, 2.75) is 39.8 Å². The lowest BCUT2D eigenvalue weighted by atomic mass is 10.1. The van der Waals surface area contributed by atoms with Gasteiger partial charge in [-0.1, -0.05) is 36.2 Å². The molecule has 12 heteroatoms. The highest BCUT2D eigenvalue weighted by Crippen LogP contribution is 2.36. The van der Waals surface area contributed by atoms with E-state index in [0.29, 0.717) is 40.1 Å². The average Bonchev–Trinajstić information content (AvgIpc) is 3.32. The summed E-state index contributed by atoms with van der Waals surface area (Å²) in [6.07, 6.45) is 0.296. The number of amides is 2. The Morgan fingerprint density at radius 1 is 1.06 bits per heavy atom. The van der Waals surface area contributed by atoms with Crippen molar-refractivity contribution in [2.75, 3.05) is 29.9 Å². The highest BCUT2D eigenvalue weighted by Gasteiger charge is 2.33. The highest BCUT2D eigenvalue weighted by molar-refractivity contribution is 7.92. The van der Waals surface area contributed by atoms with Gasteiger partial charge >= 0.3 is 0 Å². The van der Waals surface area contributed by atoms with Crippen LogP contribution in [0.25, 0.3) is 0 Å². The molecule has 1 N–H and O–H groups in total. The number of likely N-dealkylation sites (N-methyl/N-ethyl adjacent to an activating group) is 1. The maximum atomic E-state index is 13.8. The van der Waals surface area contributed by atoms with E-state index in [-0.39, 0.29) is 30.7 Å². The molecule has 1 aliphatic rings. The van der Waals surface area contributed by atoms with Crippen LogP contribution in [0.2, 0.25) is 10.0 Å².